The third kappa shape index (κ3) is 2.25. The Morgan fingerprint density at radius 3 is 2.41 bits per heavy atom. The number of halogens is 3. The van der Waals surface area contributed by atoms with Gasteiger partial charge in [-0.25, -0.2) is 4.68 Å². The van der Waals surface area contributed by atoms with E-state index in [0.717, 1.165) is 10.7 Å². The molecule has 0 aliphatic heterocycles. The molecule has 1 heterocycles. The highest BCUT2D eigenvalue weighted by Gasteiger charge is 2.35. The standard InChI is InChI=1S/C11H8F3N2O/c1-17-9-4-2-8(3-5-9)16-10(6-7-15-16)11(12,13)14/h2-6H,1H3. The zero-order chi connectivity index (χ0) is 12.5. The molecule has 0 fully saturated rings. The number of aromatic nitrogens is 2. The van der Waals surface area contributed by atoms with Gasteiger partial charge in [0.15, 0.2) is 0 Å². The molecule has 0 atom stereocenters. The summed E-state index contributed by atoms with van der Waals surface area (Å²) in [6.07, 6.45) is -2.26. The highest BCUT2D eigenvalue weighted by atomic mass is 19.4. The fourth-order valence-corrected chi connectivity index (χ4v) is 1.38. The molecule has 1 radical (unpaired) electrons. The Kier molecular flexibility index (Phi) is 2.79. The summed E-state index contributed by atoms with van der Waals surface area (Å²) in [5, 5.41) is 3.54. The van der Waals surface area contributed by atoms with Crippen molar-refractivity contribution in [2.45, 2.75) is 6.18 Å². The summed E-state index contributed by atoms with van der Waals surface area (Å²) in [5.41, 5.74) is -0.554. The Hall–Kier alpha value is -1.98. The number of hydrogen-bond donors (Lipinski definition) is 0. The molecule has 0 amide bonds. The molecule has 0 saturated carbocycles. The van der Waals surface area contributed by atoms with Crippen LogP contribution in [-0.2, 0) is 6.18 Å². The van der Waals surface area contributed by atoms with Crippen molar-refractivity contribution in [3.8, 4) is 11.4 Å². The quantitative estimate of drug-likeness (QED) is 0.808. The summed E-state index contributed by atoms with van der Waals surface area (Å²) >= 11 is 0. The summed E-state index contributed by atoms with van der Waals surface area (Å²) in [7, 11) is 1.48. The molecule has 6 heteroatoms. The average Bonchev–Trinajstić information content (AvgIpc) is 2.78. The summed E-state index contributed by atoms with van der Waals surface area (Å²) in [5.74, 6) is 0.568. The van der Waals surface area contributed by atoms with Crippen LogP contribution in [0.3, 0.4) is 0 Å². The second kappa shape index (κ2) is 4.12. The largest absolute Gasteiger partial charge is 0.497 e. The van der Waals surface area contributed by atoms with Gasteiger partial charge in [-0.05, 0) is 30.3 Å². The van der Waals surface area contributed by atoms with E-state index in [1.54, 1.807) is 12.1 Å². The summed E-state index contributed by atoms with van der Waals surface area (Å²) in [6, 6.07) is 6.93. The summed E-state index contributed by atoms with van der Waals surface area (Å²) in [6.45, 7) is 0. The van der Waals surface area contributed by atoms with Gasteiger partial charge in [0.2, 0.25) is 0 Å². The van der Waals surface area contributed by atoms with Gasteiger partial charge in [-0.3, -0.25) is 0 Å². The first-order valence-electron chi connectivity index (χ1n) is 4.70. The van der Waals surface area contributed by atoms with Gasteiger partial charge in [0.25, 0.3) is 0 Å². The van der Waals surface area contributed by atoms with Crippen LogP contribution in [0.15, 0.2) is 30.3 Å². The van der Waals surface area contributed by atoms with Gasteiger partial charge in [-0.15, -0.1) is 0 Å². The number of benzene rings is 1. The van der Waals surface area contributed by atoms with Gasteiger partial charge in [0.05, 0.1) is 12.8 Å². The van der Waals surface area contributed by atoms with Crippen molar-refractivity contribution in [1.82, 2.24) is 9.78 Å². The predicted octanol–water partition coefficient (Wildman–Crippen LogP) is 2.70. The molecular weight excluding hydrogens is 233 g/mol. The molecule has 3 nitrogen and oxygen atoms in total. The van der Waals surface area contributed by atoms with Crippen molar-refractivity contribution >= 4 is 0 Å². The third-order valence-electron chi connectivity index (χ3n) is 2.19. The lowest BCUT2D eigenvalue weighted by atomic mass is 10.3. The van der Waals surface area contributed by atoms with Crippen LogP contribution < -0.4 is 4.74 Å². The van der Waals surface area contributed by atoms with Gasteiger partial charge < -0.3 is 4.74 Å². The van der Waals surface area contributed by atoms with Crippen LogP contribution in [0.4, 0.5) is 13.2 Å². The fourth-order valence-electron chi connectivity index (χ4n) is 1.38. The number of hydrogen-bond acceptors (Lipinski definition) is 2. The SMILES string of the molecule is COc1ccc(-n2n[c]cc2C(F)(F)F)cc1. The molecule has 0 aliphatic carbocycles. The van der Waals surface area contributed by atoms with E-state index >= 15 is 0 Å². The van der Waals surface area contributed by atoms with Gasteiger partial charge >= 0.3 is 6.18 Å². The third-order valence-corrected chi connectivity index (χ3v) is 2.19. The molecule has 0 spiro atoms. The minimum Gasteiger partial charge on any atom is -0.497 e. The lowest BCUT2D eigenvalue weighted by Gasteiger charge is -2.10. The number of methoxy groups -OCH3 is 1. The Morgan fingerprint density at radius 1 is 1.24 bits per heavy atom. The Balaban J connectivity index is 2.43. The van der Waals surface area contributed by atoms with Crippen LogP contribution in [0, 0.1) is 6.20 Å². The van der Waals surface area contributed by atoms with Crippen molar-refractivity contribution in [1.29, 1.82) is 0 Å². The molecule has 0 aliphatic rings. The molecule has 1 aromatic carbocycles. The van der Waals surface area contributed by atoms with Crippen molar-refractivity contribution in [3.63, 3.8) is 0 Å². The van der Waals surface area contributed by atoms with Crippen molar-refractivity contribution in [3.05, 3.63) is 42.2 Å². The molecular formula is C11H8F3N2O. The molecule has 17 heavy (non-hydrogen) atoms. The van der Waals surface area contributed by atoms with E-state index in [-0.39, 0.29) is 0 Å². The predicted molar refractivity (Wildman–Crippen MR) is 54.0 cm³/mol. The second-order valence-electron chi connectivity index (χ2n) is 3.27. The number of alkyl halides is 3. The molecule has 89 valence electrons. The van der Waals surface area contributed by atoms with Crippen LogP contribution in [-0.4, -0.2) is 16.9 Å². The van der Waals surface area contributed by atoms with E-state index < -0.39 is 11.9 Å². The molecule has 0 N–H and O–H groups in total. The summed E-state index contributed by atoms with van der Waals surface area (Å²) in [4.78, 5) is 0. The van der Waals surface area contributed by atoms with E-state index in [1.807, 2.05) is 0 Å². The molecule has 1 aromatic heterocycles. The fraction of sp³-hybridized carbons (Fsp3) is 0.182. The first-order chi connectivity index (χ1) is 8.02. The highest BCUT2D eigenvalue weighted by molar-refractivity contribution is 5.38. The zero-order valence-electron chi connectivity index (χ0n) is 8.82. The van der Waals surface area contributed by atoms with Crippen LogP contribution >= 0.6 is 0 Å². The van der Waals surface area contributed by atoms with Crippen LogP contribution in [0.25, 0.3) is 5.69 Å². The van der Waals surface area contributed by atoms with E-state index in [9.17, 15) is 13.2 Å². The number of ether oxygens (including phenoxy) is 1. The maximum Gasteiger partial charge on any atom is 0.433 e. The van der Waals surface area contributed by atoms with Crippen molar-refractivity contribution < 1.29 is 17.9 Å². The maximum absolute atomic E-state index is 12.6. The van der Waals surface area contributed by atoms with E-state index in [4.69, 9.17) is 4.74 Å². The molecule has 0 unspecified atom stereocenters. The number of nitrogens with zero attached hydrogens (tertiary/aromatic N) is 2. The Labute approximate surface area is 95.4 Å². The monoisotopic (exact) mass is 241 g/mol. The highest BCUT2D eigenvalue weighted by Crippen LogP contribution is 2.30. The van der Waals surface area contributed by atoms with E-state index in [0.29, 0.717) is 11.4 Å². The molecule has 0 saturated heterocycles. The molecule has 2 rings (SSSR count). The van der Waals surface area contributed by atoms with Crippen LogP contribution in [0.1, 0.15) is 5.69 Å². The van der Waals surface area contributed by atoms with E-state index in [1.165, 1.54) is 19.2 Å². The van der Waals surface area contributed by atoms with E-state index in [2.05, 4.69) is 11.3 Å². The Morgan fingerprint density at radius 2 is 1.88 bits per heavy atom. The van der Waals surface area contributed by atoms with Gasteiger partial charge in [-0.1, -0.05) is 0 Å². The topological polar surface area (TPSA) is 27.1 Å². The van der Waals surface area contributed by atoms with Crippen molar-refractivity contribution in [2.24, 2.45) is 0 Å². The first-order valence-corrected chi connectivity index (χ1v) is 4.70. The lowest BCUT2D eigenvalue weighted by Crippen LogP contribution is -2.13. The lowest BCUT2D eigenvalue weighted by molar-refractivity contribution is -0.142. The van der Waals surface area contributed by atoms with Crippen molar-refractivity contribution in [2.75, 3.05) is 7.11 Å². The van der Waals surface area contributed by atoms with Gasteiger partial charge in [0, 0.05) is 0 Å². The maximum atomic E-state index is 12.6. The van der Waals surface area contributed by atoms with Crippen LogP contribution in [0.5, 0.6) is 5.75 Å². The zero-order valence-corrected chi connectivity index (χ0v) is 8.82. The average molecular weight is 241 g/mol. The minimum absolute atomic E-state index is 0.305. The summed E-state index contributed by atoms with van der Waals surface area (Å²) < 4.78 is 43.5. The normalized spacial score (nSPS) is 11.5. The van der Waals surface area contributed by atoms with Crippen LogP contribution in [0.2, 0.25) is 0 Å². The van der Waals surface area contributed by atoms with Gasteiger partial charge in [0.1, 0.15) is 17.6 Å². The smallest absolute Gasteiger partial charge is 0.433 e. The molecule has 0 bridgehead atoms. The van der Waals surface area contributed by atoms with Gasteiger partial charge in [-0.2, -0.15) is 18.3 Å². The Bertz CT molecular complexity index is 502. The minimum atomic E-state index is -4.45. The molecule has 2 aromatic rings. The second-order valence-corrected chi connectivity index (χ2v) is 3.27. The number of rotatable bonds is 2. The first kappa shape index (κ1) is 11.5.